The summed E-state index contributed by atoms with van der Waals surface area (Å²) < 4.78 is 5.19. The molecule has 3 atom stereocenters. The first-order chi connectivity index (χ1) is 17.5. The molecular formula is C25H30N4O8. The first kappa shape index (κ1) is 27.4. The number of amides is 4. The van der Waals surface area contributed by atoms with Gasteiger partial charge >= 0.3 is 11.6 Å². The van der Waals surface area contributed by atoms with E-state index in [0.29, 0.717) is 30.4 Å². The highest BCUT2D eigenvalue weighted by Crippen LogP contribution is 2.23. The Morgan fingerprint density at radius 3 is 2.51 bits per heavy atom. The van der Waals surface area contributed by atoms with Gasteiger partial charge in [-0.3, -0.25) is 24.0 Å². The summed E-state index contributed by atoms with van der Waals surface area (Å²) in [6, 6.07) is 3.62. The molecule has 1 fully saturated rings. The minimum absolute atomic E-state index is 0.252. The number of carbonyl (C=O) groups excluding carboxylic acids is 4. The summed E-state index contributed by atoms with van der Waals surface area (Å²) in [5.74, 6) is -3.26. The molecule has 198 valence electrons. The van der Waals surface area contributed by atoms with Crippen LogP contribution < -0.4 is 21.6 Å². The number of nitrogens with one attached hydrogen (secondary N) is 3. The molecule has 12 nitrogen and oxygen atoms in total. The highest BCUT2D eigenvalue weighted by molar-refractivity contribution is 6.03. The number of benzene rings is 1. The van der Waals surface area contributed by atoms with Gasteiger partial charge in [0.2, 0.25) is 23.6 Å². The molecule has 3 rings (SSSR count). The minimum Gasteiger partial charge on any atom is -0.481 e. The maximum absolute atomic E-state index is 13.0. The van der Waals surface area contributed by atoms with Crippen LogP contribution in [0.15, 0.2) is 33.5 Å². The molecule has 0 saturated carbocycles. The second-order valence-electron chi connectivity index (χ2n) is 9.07. The van der Waals surface area contributed by atoms with Crippen LogP contribution in [0.1, 0.15) is 45.1 Å². The van der Waals surface area contributed by atoms with Crippen molar-refractivity contribution in [2.24, 2.45) is 0 Å². The zero-order valence-corrected chi connectivity index (χ0v) is 20.8. The predicted molar refractivity (Wildman–Crippen MR) is 133 cm³/mol. The smallest absolute Gasteiger partial charge is 0.338 e. The molecule has 37 heavy (non-hydrogen) atoms. The van der Waals surface area contributed by atoms with E-state index in [-0.39, 0.29) is 18.5 Å². The van der Waals surface area contributed by atoms with Gasteiger partial charge in [0.25, 0.3) is 0 Å². The molecule has 2 aromatic rings. The van der Waals surface area contributed by atoms with Crippen LogP contribution in [0, 0.1) is 6.92 Å². The second kappa shape index (κ2) is 11.7. The minimum atomic E-state index is -1.12. The van der Waals surface area contributed by atoms with E-state index in [4.69, 9.17) is 9.52 Å². The van der Waals surface area contributed by atoms with Crippen LogP contribution in [0.4, 0.5) is 5.69 Å². The highest BCUT2D eigenvalue weighted by atomic mass is 16.4. The van der Waals surface area contributed by atoms with Gasteiger partial charge in [-0.05, 0) is 51.3 Å². The number of hydrogen-bond acceptors (Lipinski definition) is 7. The van der Waals surface area contributed by atoms with Gasteiger partial charge in [0.1, 0.15) is 23.7 Å². The third-order valence-corrected chi connectivity index (χ3v) is 6.06. The Balaban J connectivity index is 1.62. The van der Waals surface area contributed by atoms with Crippen LogP contribution in [-0.2, 0) is 24.0 Å². The maximum atomic E-state index is 13.0. The zero-order valence-electron chi connectivity index (χ0n) is 20.8. The number of aliphatic carboxylic acids is 1. The summed E-state index contributed by atoms with van der Waals surface area (Å²) in [5.41, 5.74) is 0.824. The SMILES string of the molecule is Cc1ccc2c(NC(=O)[C@H](C)NC(=O)[C@@H]3CCCN3C(=O)[C@H](C)NC(=O)CCC(=O)O)cc(=O)oc2c1. The van der Waals surface area contributed by atoms with Crippen molar-refractivity contribution in [3.05, 3.63) is 40.2 Å². The van der Waals surface area contributed by atoms with E-state index in [2.05, 4.69) is 16.0 Å². The van der Waals surface area contributed by atoms with E-state index < -0.39 is 53.3 Å². The summed E-state index contributed by atoms with van der Waals surface area (Å²) in [6.07, 6.45) is 0.330. The topological polar surface area (TPSA) is 175 Å². The van der Waals surface area contributed by atoms with Crippen molar-refractivity contribution in [1.29, 1.82) is 0 Å². The van der Waals surface area contributed by atoms with Crippen LogP contribution >= 0.6 is 0 Å². The third kappa shape index (κ3) is 6.93. The van der Waals surface area contributed by atoms with Crippen LogP contribution in [0.3, 0.4) is 0 Å². The number of nitrogens with zero attached hydrogens (tertiary/aromatic N) is 1. The molecule has 1 aromatic carbocycles. The monoisotopic (exact) mass is 514 g/mol. The van der Waals surface area contributed by atoms with Crippen LogP contribution in [0.25, 0.3) is 11.0 Å². The molecular weight excluding hydrogens is 484 g/mol. The van der Waals surface area contributed by atoms with Crippen LogP contribution in [0.2, 0.25) is 0 Å². The lowest BCUT2D eigenvalue weighted by molar-refractivity contribution is -0.142. The molecule has 0 bridgehead atoms. The van der Waals surface area contributed by atoms with Gasteiger partial charge in [0, 0.05) is 24.4 Å². The molecule has 4 amide bonds. The number of anilines is 1. The van der Waals surface area contributed by atoms with Crippen molar-refractivity contribution in [2.75, 3.05) is 11.9 Å². The van der Waals surface area contributed by atoms with Crippen molar-refractivity contribution >= 4 is 46.3 Å². The van der Waals surface area contributed by atoms with Gasteiger partial charge in [-0.1, -0.05) is 6.07 Å². The molecule has 0 radical (unpaired) electrons. The number of hydrogen-bond donors (Lipinski definition) is 4. The first-order valence-corrected chi connectivity index (χ1v) is 11.9. The van der Waals surface area contributed by atoms with Crippen molar-refractivity contribution in [3.63, 3.8) is 0 Å². The average Bonchev–Trinajstić information content (AvgIpc) is 3.31. The van der Waals surface area contributed by atoms with Gasteiger partial charge in [-0.25, -0.2) is 4.79 Å². The van der Waals surface area contributed by atoms with E-state index in [1.54, 1.807) is 12.1 Å². The Kier molecular flexibility index (Phi) is 8.64. The van der Waals surface area contributed by atoms with Crippen LogP contribution in [0.5, 0.6) is 0 Å². The number of carboxylic acid groups (broad SMARTS) is 1. The normalized spacial score (nSPS) is 16.6. The number of carbonyl (C=O) groups is 5. The quantitative estimate of drug-likeness (QED) is 0.357. The third-order valence-electron chi connectivity index (χ3n) is 6.06. The van der Waals surface area contributed by atoms with Gasteiger partial charge in [-0.2, -0.15) is 0 Å². The Morgan fingerprint density at radius 2 is 1.81 bits per heavy atom. The van der Waals surface area contributed by atoms with Crippen molar-refractivity contribution in [2.45, 2.75) is 64.6 Å². The van der Waals surface area contributed by atoms with Gasteiger partial charge in [-0.15, -0.1) is 0 Å². The van der Waals surface area contributed by atoms with E-state index in [1.807, 2.05) is 13.0 Å². The fraction of sp³-hybridized carbons (Fsp3) is 0.440. The molecule has 12 heteroatoms. The summed E-state index contributed by atoms with van der Waals surface area (Å²) in [6.45, 7) is 5.09. The average molecular weight is 515 g/mol. The second-order valence-corrected chi connectivity index (χ2v) is 9.07. The number of rotatable bonds is 9. The van der Waals surface area contributed by atoms with Gasteiger partial charge in [0.05, 0.1) is 12.1 Å². The Hall–Kier alpha value is -4.22. The standard InChI is InChI=1S/C25H30N4O8/c1-13-6-7-16-17(12-22(33)37-19(16)11-13)28-23(34)14(2)27-24(35)18-5-4-10-29(18)25(36)15(3)26-20(30)8-9-21(31)32/h6-7,11-12,14-15,18H,4-5,8-10H2,1-3H3,(H,26,30)(H,27,35)(H,28,34)(H,31,32)/t14-,15-,18-/m0/s1. The molecule has 0 spiro atoms. The largest absolute Gasteiger partial charge is 0.481 e. The Bertz CT molecular complexity index is 1290. The number of carboxylic acids is 1. The molecule has 1 saturated heterocycles. The Morgan fingerprint density at radius 1 is 1.08 bits per heavy atom. The van der Waals surface area contributed by atoms with Gasteiger partial charge in [0.15, 0.2) is 0 Å². The van der Waals surface area contributed by atoms with Gasteiger partial charge < -0.3 is 30.4 Å². The lowest BCUT2D eigenvalue weighted by atomic mass is 10.1. The maximum Gasteiger partial charge on any atom is 0.338 e. The summed E-state index contributed by atoms with van der Waals surface area (Å²) in [5, 5.41) is 16.9. The highest BCUT2D eigenvalue weighted by Gasteiger charge is 2.37. The van der Waals surface area contributed by atoms with E-state index in [9.17, 15) is 28.8 Å². The summed E-state index contributed by atoms with van der Waals surface area (Å²) in [7, 11) is 0. The number of aryl methyl sites for hydroxylation is 1. The molecule has 2 heterocycles. The lowest BCUT2D eigenvalue weighted by Crippen LogP contribution is -2.54. The van der Waals surface area contributed by atoms with E-state index >= 15 is 0 Å². The van der Waals surface area contributed by atoms with E-state index in [1.165, 1.54) is 18.7 Å². The molecule has 4 N–H and O–H groups in total. The van der Waals surface area contributed by atoms with E-state index in [0.717, 1.165) is 11.6 Å². The van der Waals surface area contributed by atoms with Crippen LogP contribution in [-0.4, -0.2) is 64.3 Å². The Labute approximate surface area is 212 Å². The predicted octanol–water partition coefficient (Wildman–Crippen LogP) is 0.905. The molecule has 0 aliphatic carbocycles. The molecule has 0 unspecified atom stereocenters. The summed E-state index contributed by atoms with van der Waals surface area (Å²) >= 11 is 0. The van der Waals surface area contributed by atoms with Crippen molar-refractivity contribution in [1.82, 2.24) is 15.5 Å². The fourth-order valence-electron chi connectivity index (χ4n) is 4.14. The fourth-order valence-corrected chi connectivity index (χ4v) is 4.14. The first-order valence-electron chi connectivity index (χ1n) is 11.9. The zero-order chi connectivity index (χ0) is 27.3. The lowest BCUT2D eigenvalue weighted by Gasteiger charge is -2.28. The number of likely N-dealkylation sites (tertiary alicyclic amines) is 1. The molecule has 1 aromatic heterocycles. The molecule has 1 aliphatic rings. The summed E-state index contributed by atoms with van der Waals surface area (Å²) in [4.78, 5) is 74.4. The molecule has 1 aliphatic heterocycles. The van der Waals surface area contributed by atoms with Crippen molar-refractivity contribution < 1.29 is 33.5 Å². The van der Waals surface area contributed by atoms with Crippen molar-refractivity contribution in [3.8, 4) is 0 Å². The number of fused-ring (bicyclic) bond motifs is 1.